The molecule has 0 spiro atoms. The standard InChI is InChI=1S/C26H26N2O3S/c29-24(15-18-16-32-23-12-5-4-9-19(18)23)27-22-11-6-10-21-20(22)13-14-28(26(21)31)25(30)17-7-2-1-3-8-17/h4-6,9-14,16-17,25,30H,1-3,7-8,15H2,(H,27,29). The van der Waals surface area contributed by atoms with Crippen LogP contribution in [0.4, 0.5) is 5.69 Å². The van der Waals surface area contributed by atoms with Crippen molar-refractivity contribution in [3.8, 4) is 0 Å². The first-order chi connectivity index (χ1) is 15.6. The molecule has 1 amide bonds. The Morgan fingerprint density at radius 3 is 2.66 bits per heavy atom. The minimum absolute atomic E-state index is 0.113. The van der Waals surface area contributed by atoms with Crippen LogP contribution in [0.1, 0.15) is 43.9 Å². The molecule has 1 fully saturated rings. The summed E-state index contributed by atoms with van der Waals surface area (Å²) in [4.78, 5) is 25.9. The number of hydrogen-bond acceptors (Lipinski definition) is 4. The van der Waals surface area contributed by atoms with Gasteiger partial charge in [-0.2, -0.15) is 0 Å². The number of aromatic nitrogens is 1. The van der Waals surface area contributed by atoms with Crippen molar-refractivity contribution in [2.45, 2.75) is 44.8 Å². The number of amides is 1. The fourth-order valence-electron chi connectivity index (χ4n) is 4.81. The highest BCUT2D eigenvalue weighted by Gasteiger charge is 2.24. The smallest absolute Gasteiger partial charge is 0.260 e. The van der Waals surface area contributed by atoms with Crippen LogP contribution in [-0.4, -0.2) is 15.6 Å². The number of nitrogens with zero attached hydrogens (tertiary/aromatic N) is 1. The second kappa shape index (κ2) is 8.88. The van der Waals surface area contributed by atoms with Gasteiger partial charge in [0.1, 0.15) is 6.23 Å². The summed E-state index contributed by atoms with van der Waals surface area (Å²) < 4.78 is 2.61. The number of anilines is 1. The van der Waals surface area contributed by atoms with E-state index in [1.54, 1.807) is 29.7 Å². The van der Waals surface area contributed by atoms with Gasteiger partial charge in [-0.3, -0.25) is 14.2 Å². The number of hydrogen-bond donors (Lipinski definition) is 2. The second-order valence-electron chi connectivity index (χ2n) is 8.59. The summed E-state index contributed by atoms with van der Waals surface area (Å²) in [5, 5.41) is 18.1. The quantitative estimate of drug-likeness (QED) is 0.427. The number of aliphatic hydroxyl groups excluding tert-OH is 1. The van der Waals surface area contributed by atoms with E-state index in [9.17, 15) is 14.7 Å². The van der Waals surface area contributed by atoms with Crippen molar-refractivity contribution in [1.82, 2.24) is 4.57 Å². The average molecular weight is 447 g/mol. The Morgan fingerprint density at radius 2 is 1.81 bits per heavy atom. The third-order valence-corrected chi connectivity index (χ3v) is 7.53. The van der Waals surface area contributed by atoms with Crippen LogP contribution >= 0.6 is 11.3 Å². The van der Waals surface area contributed by atoms with Crippen molar-refractivity contribution in [2.24, 2.45) is 5.92 Å². The van der Waals surface area contributed by atoms with Crippen molar-refractivity contribution in [1.29, 1.82) is 0 Å². The number of thiophene rings is 1. The van der Waals surface area contributed by atoms with E-state index in [4.69, 9.17) is 0 Å². The summed E-state index contributed by atoms with van der Waals surface area (Å²) in [5.41, 5.74) is 1.39. The number of pyridine rings is 1. The maximum absolute atomic E-state index is 13.1. The van der Waals surface area contributed by atoms with Crippen LogP contribution in [0.3, 0.4) is 0 Å². The Balaban J connectivity index is 1.40. The molecule has 164 valence electrons. The van der Waals surface area contributed by atoms with E-state index < -0.39 is 6.23 Å². The van der Waals surface area contributed by atoms with Crippen LogP contribution in [0, 0.1) is 5.92 Å². The van der Waals surface area contributed by atoms with Gasteiger partial charge in [0.25, 0.3) is 5.56 Å². The van der Waals surface area contributed by atoms with Gasteiger partial charge in [-0.15, -0.1) is 11.3 Å². The lowest BCUT2D eigenvalue weighted by atomic mass is 9.88. The molecule has 1 saturated carbocycles. The van der Waals surface area contributed by atoms with Gasteiger partial charge in [0.05, 0.1) is 6.42 Å². The van der Waals surface area contributed by atoms with Crippen LogP contribution in [-0.2, 0) is 11.2 Å². The summed E-state index contributed by atoms with van der Waals surface area (Å²) >= 11 is 1.63. The van der Waals surface area contributed by atoms with Crippen molar-refractivity contribution in [2.75, 3.05) is 5.32 Å². The zero-order valence-electron chi connectivity index (χ0n) is 17.8. The van der Waals surface area contributed by atoms with E-state index in [1.807, 2.05) is 35.7 Å². The van der Waals surface area contributed by atoms with Crippen molar-refractivity contribution in [3.63, 3.8) is 0 Å². The van der Waals surface area contributed by atoms with E-state index >= 15 is 0 Å². The molecule has 1 atom stereocenters. The fraction of sp³-hybridized carbons (Fsp3) is 0.308. The zero-order valence-corrected chi connectivity index (χ0v) is 18.6. The summed E-state index contributed by atoms with van der Waals surface area (Å²) in [7, 11) is 0. The molecule has 4 aromatic rings. The molecule has 5 rings (SSSR count). The van der Waals surface area contributed by atoms with Crippen molar-refractivity contribution < 1.29 is 9.90 Å². The third-order valence-electron chi connectivity index (χ3n) is 6.52. The Labute approximate surface area is 190 Å². The molecule has 2 N–H and O–H groups in total. The van der Waals surface area contributed by atoms with Gasteiger partial charge in [0.15, 0.2) is 0 Å². The van der Waals surface area contributed by atoms with Crippen LogP contribution in [0.25, 0.3) is 20.9 Å². The summed E-state index contributed by atoms with van der Waals surface area (Å²) in [6.45, 7) is 0. The number of nitrogens with one attached hydrogen (secondary N) is 1. The highest BCUT2D eigenvalue weighted by Crippen LogP contribution is 2.31. The van der Waals surface area contributed by atoms with Gasteiger partial charge in [0.2, 0.25) is 5.91 Å². The lowest BCUT2D eigenvalue weighted by molar-refractivity contribution is -0.115. The molecule has 1 unspecified atom stereocenters. The number of benzene rings is 2. The fourth-order valence-corrected chi connectivity index (χ4v) is 5.77. The highest BCUT2D eigenvalue weighted by molar-refractivity contribution is 7.17. The minimum Gasteiger partial charge on any atom is -0.373 e. The van der Waals surface area contributed by atoms with Gasteiger partial charge >= 0.3 is 0 Å². The van der Waals surface area contributed by atoms with Gasteiger partial charge in [0, 0.05) is 33.3 Å². The molecule has 0 radical (unpaired) electrons. The molecule has 0 aliphatic heterocycles. The van der Waals surface area contributed by atoms with Crippen LogP contribution in [0.15, 0.2) is 64.9 Å². The highest BCUT2D eigenvalue weighted by atomic mass is 32.1. The molecular weight excluding hydrogens is 420 g/mol. The summed E-state index contributed by atoms with van der Waals surface area (Å²) in [6.07, 6.45) is 6.40. The first-order valence-electron chi connectivity index (χ1n) is 11.2. The number of carbonyl (C=O) groups is 1. The molecule has 2 aromatic carbocycles. The zero-order chi connectivity index (χ0) is 22.1. The Morgan fingerprint density at radius 1 is 1.03 bits per heavy atom. The van der Waals surface area contributed by atoms with E-state index in [0.717, 1.165) is 41.3 Å². The number of aliphatic hydroxyl groups is 1. The van der Waals surface area contributed by atoms with E-state index in [2.05, 4.69) is 11.4 Å². The molecule has 5 nitrogen and oxygen atoms in total. The van der Waals surface area contributed by atoms with Crippen molar-refractivity contribution in [3.05, 3.63) is 76.0 Å². The predicted octanol–water partition coefficient (Wildman–Crippen LogP) is 5.47. The maximum Gasteiger partial charge on any atom is 0.260 e. The van der Waals surface area contributed by atoms with Gasteiger partial charge in [-0.05, 0) is 53.4 Å². The molecule has 32 heavy (non-hydrogen) atoms. The van der Waals surface area contributed by atoms with Crippen LogP contribution in [0.5, 0.6) is 0 Å². The van der Waals surface area contributed by atoms with Crippen LogP contribution < -0.4 is 10.9 Å². The molecule has 0 bridgehead atoms. The first-order valence-corrected chi connectivity index (χ1v) is 12.1. The predicted molar refractivity (Wildman–Crippen MR) is 130 cm³/mol. The molecule has 6 heteroatoms. The normalized spacial score (nSPS) is 15.8. The maximum atomic E-state index is 13.1. The molecular formula is C26H26N2O3S. The summed E-state index contributed by atoms with van der Waals surface area (Å²) in [5.74, 6) is -0.00492. The largest absolute Gasteiger partial charge is 0.373 e. The molecule has 0 saturated heterocycles. The van der Waals surface area contributed by atoms with Crippen molar-refractivity contribution >= 4 is 43.8 Å². The number of fused-ring (bicyclic) bond motifs is 2. The average Bonchev–Trinajstić information content (AvgIpc) is 3.22. The van der Waals surface area contributed by atoms with E-state index in [-0.39, 0.29) is 23.8 Å². The summed E-state index contributed by atoms with van der Waals surface area (Å²) in [6, 6.07) is 15.2. The Hall–Kier alpha value is -2.96. The van der Waals surface area contributed by atoms with Gasteiger partial charge in [-0.25, -0.2) is 0 Å². The van der Waals surface area contributed by atoms with E-state index in [1.165, 1.54) is 11.0 Å². The number of rotatable bonds is 5. The molecule has 1 aliphatic carbocycles. The first kappa shape index (κ1) is 20.9. The lowest BCUT2D eigenvalue weighted by Crippen LogP contribution is -2.30. The third kappa shape index (κ3) is 3.96. The van der Waals surface area contributed by atoms with E-state index in [0.29, 0.717) is 16.5 Å². The lowest BCUT2D eigenvalue weighted by Gasteiger charge is -2.28. The topological polar surface area (TPSA) is 71.3 Å². The van der Waals surface area contributed by atoms with Gasteiger partial charge < -0.3 is 10.4 Å². The molecule has 2 heterocycles. The Kier molecular flexibility index (Phi) is 5.81. The van der Waals surface area contributed by atoms with Gasteiger partial charge in [-0.1, -0.05) is 43.5 Å². The Bertz CT molecular complexity index is 1330. The molecule has 2 aromatic heterocycles. The minimum atomic E-state index is -0.808. The van der Waals surface area contributed by atoms with Crippen LogP contribution in [0.2, 0.25) is 0 Å². The monoisotopic (exact) mass is 446 g/mol. The second-order valence-corrected chi connectivity index (χ2v) is 9.50. The molecule has 1 aliphatic rings. The number of carbonyl (C=O) groups excluding carboxylic acids is 1. The SMILES string of the molecule is O=C(Cc1csc2ccccc12)Nc1cccc2c(=O)n(C(O)C3CCCCC3)ccc12.